The van der Waals surface area contributed by atoms with E-state index in [2.05, 4.69) is 5.73 Å². The van der Waals surface area contributed by atoms with Gasteiger partial charge in [0.2, 0.25) is 0 Å². The number of aliphatic hydroxyl groups is 1. The number of aliphatic hydroxyl groups excluding tert-OH is 1. The van der Waals surface area contributed by atoms with Gasteiger partial charge in [0.1, 0.15) is 0 Å². The summed E-state index contributed by atoms with van der Waals surface area (Å²) in [5.41, 5.74) is 4.67. The summed E-state index contributed by atoms with van der Waals surface area (Å²) in [7, 11) is 0. The summed E-state index contributed by atoms with van der Waals surface area (Å²) < 4.78 is 29.0. The fraction of sp³-hybridized carbons (Fsp3) is 1.00. The average Bonchev–Trinajstić information content (AvgIpc) is 1.25. The molecule has 8 heavy (non-hydrogen) atoms. The van der Waals surface area contributed by atoms with E-state index in [1.807, 2.05) is 0 Å². The molecule has 52 valence electrons. The Morgan fingerprint density at radius 2 is 1.38 bits per heavy atom. The van der Waals surface area contributed by atoms with E-state index in [1.165, 1.54) is 6.92 Å². The van der Waals surface area contributed by atoms with E-state index in [1.54, 1.807) is 0 Å². The van der Waals surface area contributed by atoms with Gasteiger partial charge < -0.3 is 10.8 Å². The van der Waals surface area contributed by atoms with Crippen LogP contribution in [0, 0.1) is 0 Å². The minimum atomic E-state index is -3.67. The smallest absolute Gasteiger partial charge is 0.379 e. The molecule has 0 saturated carbocycles. The van der Waals surface area contributed by atoms with Crippen molar-refractivity contribution in [3.05, 3.63) is 0 Å². The van der Waals surface area contributed by atoms with Crippen molar-refractivity contribution in [3.63, 3.8) is 0 Å². The third-order valence-corrected chi connectivity index (χ3v) is 0. The number of hydrogen-bond acceptors (Lipinski definition) is 2. The van der Waals surface area contributed by atoms with Crippen LogP contribution in [0.25, 0.3) is 0 Å². The predicted octanol–water partition coefficient (Wildman–Crippen LogP) is 0.462. The van der Waals surface area contributed by atoms with Crippen molar-refractivity contribution in [2.45, 2.75) is 19.8 Å². The zero-order chi connectivity index (χ0) is 7.15. The van der Waals surface area contributed by atoms with Crippen LogP contribution in [0.3, 0.4) is 0 Å². The first-order chi connectivity index (χ1) is 3.46. The van der Waals surface area contributed by atoms with Crippen LogP contribution in [-0.4, -0.2) is 18.0 Å². The van der Waals surface area contributed by atoms with Crippen LogP contribution < -0.4 is 5.73 Å². The van der Waals surface area contributed by atoms with Crippen LogP contribution in [0.2, 0.25) is 0 Å². The Bertz CT molecular complexity index is 30.0. The molecule has 0 aliphatic carbocycles. The van der Waals surface area contributed by atoms with Gasteiger partial charge in [-0.2, -0.15) is 13.2 Å². The number of nitrogens with two attached hydrogens (primary N) is 1. The molecule has 0 amide bonds. The molecule has 0 spiro atoms. The molecule has 0 aliphatic heterocycles. The Hall–Kier alpha value is -0.290. The van der Waals surface area contributed by atoms with Crippen LogP contribution in [0.5, 0.6) is 0 Å². The van der Waals surface area contributed by atoms with Gasteiger partial charge in [-0.1, -0.05) is 0 Å². The quantitative estimate of drug-likeness (QED) is 0.469. The first-order valence-corrected chi connectivity index (χ1v) is 1.82. The molecular weight excluding hydrogens is 123 g/mol. The standard InChI is InChI=1S/C2H7NO.CHF3/c1-2(3)4;2-1(3)4/h2,4H,3H2,1H3;1H. The number of halogens is 3. The SMILES string of the molecule is CC(N)O.FC(F)F. The van der Waals surface area contributed by atoms with Gasteiger partial charge in [-0.25, -0.2) is 0 Å². The number of hydrogen-bond donors (Lipinski definition) is 2. The Labute approximate surface area is 45.1 Å². The Balaban J connectivity index is 0. The second-order valence-electron chi connectivity index (χ2n) is 0.988. The lowest BCUT2D eigenvalue weighted by Gasteiger charge is -1.82. The first-order valence-electron chi connectivity index (χ1n) is 1.82. The van der Waals surface area contributed by atoms with Crippen molar-refractivity contribution < 1.29 is 18.3 Å². The van der Waals surface area contributed by atoms with E-state index >= 15 is 0 Å². The van der Waals surface area contributed by atoms with E-state index in [-0.39, 0.29) is 0 Å². The summed E-state index contributed by atoms with van der Waals surface area (Å²) in [5, 5.41) is 7.83. The summed E-state index contributed by atoms with van der Waals surface area (Å²) in [6.45, 7) is -2.17. The minimum Gasteiger partial charge on any atom is -0.379 e. The third kappa shape index (κ3) is 1510. The highest BCUT2D eigenvalue weighted by molar-refractivity contribution is 4.16. The Kier molecular flexibility index (Phi) is 8.93. The van der Waals surface area contributed by atoms with Gasteiger partial charge in [0, 0.05) is 0 Å². The number of alkyl halides is 3. The molecule has 0 radical (unpaired) electrons. The topological polar surface area (TPSA) is 46.2 Å². The minimum absolute atomic E-state index is 0.667. The highest BCUT2D eigenvalue weighted by Crippen LogP contribution is 1.87. The van der Waals surface area contributed by atoms with Gasteiger partial charge in [0.05, 0.1) is 6.23 Å². The van der Waals surface area contributed by atoms with Gasteiger partial charge in [-0.3, -0.25) is 0 Å². The van der Waals surface area contributed by atoms with Gasteiger partial charge >= 0.3 is 6.68 Å². The predicted molar refractivity (Wildman–Crippen MR) is 23.0 cm³/mol. The zero-order valence-corrected chi connectivity index (χ0v) is 4.31. The molecule has 0 saturated heterocycles. The molecule has 1 unspecified atom stereocenters. The molecule has 2 nitrogen and oxygen atoms in total. The van der Waals surface area contributed by atoms with Crippen LogP contribution in [0.15, 0.2) is 0 Å². The monoisotopic (exact) mass is 131 g/mol. The molecule has 0 aromatic heterocycles. The molecule has 0 aliphatic rings. The lowest BCUT2D eigenvalue weighted by molar-refractivity contribution is 0.00819. The normalized spacial score (nSPS) is 12.4. The van der Waals surface area contributed by atoms with Crippen molar-refractivity contribution in [1.82, 2.24) is 0 Å². The van der Waals surface area contributed by atoms with Crippen molar-refractivity contribution in [3.8, 4) is 0 Å². The highest BCUT2D eigenvalue weighted by Gasteiger charge is 1.86. The molecule has 1 atom stereocenters. The maximum atomic E-state index is 9.67. The van der Waals surface area contributed by atoms with E-state index in [0.717, 1.165) is 0 Å². The van der Waals surface area contributed by atoms with Gasteiger partial charge in [-0.15, -0.1) is 0 Å². The summed E-state index contributed by atoms with van der Waals surface area (Å²) in [6, 6.07) is 0. The van der Waals surface area contributed by atoms with Crippen LogP contribution in [0.4, 0.5) is 13.2 Å². The van der Waals surface area contributed by atoms with Crippen LogP contribution in [-0.2, 0) is 0 Å². The summed E-state index contributed by atoms with van der Waals surface area (Å²) in [6.07, 6.45) is -0.667. The van der Waals surface area contributed by atoms with E-state index in [0.29, 0.717) is 0 Å². The van der Waals surface area contributed by atoms with Gasteiger partial charge in [0.15, 0.2) is 0 Å². The summed E-state index contributed by atoms with van der Waals surface area (Å²) >= 11 is 0. The lowest BCUT2D eigenvalue weighted by atomic mass is 10.7. The molecule has 5 heteroatoms. The molecule has 0 heterocycles. The fourth-order valence-corrected chi connectivity index (χ4v) is 0. The summed E-state index contributed by atoms with van der Waals surface area (Å²) in [5.74, 6) is 0. The molecule has 0 fully saturated rings. The summed E-state index contributed by atoms with van der Waals surface area (Å²) in [4.78, 5) is 0. The molecular formula is C3H8F3NO. The van der Waals surface area contributed by atoms with Crippen molar-refractivity contribution in [2.24, 2.45) is 5.73 Å². The Morgan fingerprint density at radius 1 is 1.38 bits per heavy atom. The average molecular weight is 131 g/mol. The molecule has 3 N–H and O–H groups in total. The first kappa shape index (κ1) is 10.6. The second-order valence-corrected chi connectivity index (χ2v) is 0.988. The van der Waals surface area contributed by atoms with E-state index < -0.39 is 12.9 Å². The Morgan fingerprint density at radius 3 is 1.38 bits per heavy atom. The zero-order valence-electron chi connectivity index (χ0n) is 4.31. The fourth-order valence-electron chi connectivity index (χ4n) is 0. The largest absolute Gasteiger partial charge is 0.379 e. The second kappa shape index (κ2) is 6.71. The van der Waals surface area contributed by atoms with Gasteiger partial charge in [-0.05, 0) is 6.92 Å². The maximum Gasteiger partial charge on any atom is 0.379 e. The maximum absolute atomic E-state index is 9.67. The third-order valence-electron chi connectivity index (χ3n) is 0. The molecule has 0 rings (SSSR count). The van der Waals surface area contributed by atoms with Crippen molar-refractivity contribution in [2.75, 3.05) is 0 Å². The van der Waals surface area contributed by atoms with E-state index in [4.69, 9.17) is 5.11 Å². The van der Waals surface area contributed by atoms with Crippen LogP contribution >= 0.6 is 0 Å². The molecule has 0 bridgehead atoms. The van der Waals surface area contributed by atoms with E-state index in [9.17, 15) is 13.2 Å². The van der Waals surface area contributed by atoms with Crippen molar-refractivity contribution >= 4 is 0 Å². The van der Waals surface area contributed by atoms with Crippen LogP contribution in [0.1, 0.15) is 6.92 Å². The lowest BCUT2D eigenvalue weighted by Crippen LogP contribution is -2.11. The highest BCUT2D eigenvalue weighted by atomic mass is 19.4. The van der Waals surface area contributed by atoms with Gasteiger partial charge in [0.25, 0.3) is 0 Å². The molecule has 0 aromatic rings. The molecule has 0 aromatic carbocycles. The van der Waals surface area contributed by atoms with Crippen molar-refractivity contribution in [1.29, 1.82) is 0 Å². The number of rotatable bonds is 0.